The minimum Gasteiger partial charge on any atom is -0.393 e. The van der Waals surface area contributed by atoms with Gasteiger partial charge in [-0.25, -0.2) is 0 Å². The predicted octanol–water partition coefficient (Wildman–Crippen LogP) is 6.72. The van der Waals surface area contributed by atoms with Gasteiger partial charge in [0, 0.05) is 0 Å². The van der Waals surface area contributed by atoms with Crippen LogP contribution in [-0.2, 0) is 0 Å². The summed E-state index contributed by atoms with van der Waals surface area (Å²) in [7, 11) is 0. The van der Waals surface area contributed by atoms with E-state index in [9.17, 15) is 15.3 Å². The van der Waals surface area contributed by atoms with Crippen LogP contribution in [0.3, 0.4) is 0 Å². The Bertz CT molecular complexity index is 447. The molecular formula is C28H54O3. The van der Waals surface area contributed by atoms with E-state index in [-0.39, 0.29) is 18.3 Å². The lowest BCUT2D eigenvalue weighted by Crippen LogP contribution is -2.28. The topological polar surface area (TPSA) is 60.7 Å². The number of aliphatic hydroxyl groups excluding tert-OH is 3. The van der Waals surface area contributed by atoms with Gasteiger partial charge in [-0.1, -0.05) is 72.1 Å². The van der Waals surface area contributed by atoms with Crippen molar-refractivity contribution in [2.24, 2.45) is 35.5 Å². The highest BCUT2D eigenvalue weighted by atomic mass is 16.3. The van der Waals surface area contributed by atoms with E-state index in [0.717, 1.165) is 56.8 Å². The minimum atomic E-state index is -0.165. The summed E-state index contributed by atoms with van der Waals surface area (Å²) in [5.41, 5.74) is 0. The molecule has 184 valence electrons. The average molecular weight is 439 g/mol. The molecule has 3 heteroatoms. The third kappa shape index (κ3) is 10.6. The van der Waals surface area contributed by atoms with Gasteiger partial charge in [0.15, 0.2) is 0 Å². The summed E-state index contributed by atoms with van der Waals surface area (Å²) in [5, 5.41) is 30.9. The highest BCUT2D eigenvalue weighted by Crippen LogP contribution is 2.36. The van der Waals surface area contributed by atoms with Crippen LogP contribution < -0.4 is 0 Å². The first kappa shape index (κ1) is 27.1. The van der Waals surface area contributed by atoms with E-state index in [0.29, 0.717) is 23.7 Å². The van der Waals surface area contributed by atoms with Gasteiger partial charge in [-0.3, -0.25) is 0 Å². The zero-order chi connectivity index (χ0) is 22.8. The molecule has 2 aliphatic rings. The van der Waals surface area contributed by atoms with Gasteiger partial charge in [0.2, 0.25) is 0 Å². The third-order valence-corrected chi connectivity index (χ3v) is 8.77. The molecule has 2 aliphatic carbocycles. The number of aliphatic hydroxyl groups is 3. The molecule has 2 saturated carbocycles. The van der Waals surface area contributed by atoms with Crippen LogP contribution in [0.5, 0.6) is 0 Å². The molecule has 2 rings (SSSR count). The molecule has 0 aliphatic heterocycles. The first-order chi connectivity index (χ1) is 14.7. The van der Waals surface area contributed by atoms with Crippen molar-refractivity contribution >= 4 is 0 Å². The maximum Gasteiger partial charge on any atom is 0.0571 e. The van der Waals surface area contributed by atoms with E-state index in [1.807, 2.05) is 6.92 Å². The fourth-order valence-corrected chi connectivity index (χ4v) is 6.25. The molecule has 0 spiro atoms. The van der Waals surface area contributed by atoms with Gasteiger partial charge in [0.25, 0.3) is 0 Å². The molecule has 0 aromatic heterocycles. The van der Waals surface area contributed by atoms with E-state index >= 15 is 0 Å². The fraction of sp³-hybridized carbons (Fsp3) is 1.00. The van der Waals surface area contributed by atoms with Crippen molar-refractivity contribution in [1.82, 2.24) is 0 Å². The normalized spacial score (nSPS) is 31.4. The molecule has 0 aromatic rings. The molecule has 0 radical (unpaired) electrons. The van der Waals surface area contributed by atoms with Gasteiger partial charge in [0.1, 0.15) is 0 Å². The SMILES string of the molecule is CC(O)CCC1CCC(C[C@H](O)CCCC(CC(O)C2CCC(C)CC2)C(C)C)CC1. The summed E-state index contributed by atoms with van der Waals surface area (Å²) >= 11 is 0. The molecule has 31 heavy (non-hydrogen) atoms. The molecule has 3 N–H and O–H groups in total. The van der Waals surface area contributed by atoms with Gasteiger partial charge in [-0.05, 0) is 87.4 Å². The van der Waals surface area contributed by atoms with Crippen LogP contribution in [0.15, 0.2) is 0 Å². The second-order valence-corrected chi connectivity index (χ2v) is 12.0. The Labute approximate surface area is 193 Å². The lowest BCUT2D eigenvalue weighted by molar-refractivity contribution is 0.0448. The molecule has 0 bridgehead atoms. The monoisotopic (exact) mass is 438 g/mol. The maximum absolute atomic E-state index is 10.8. The van der Waals surface area contributed by atoms with Crippen LogP contribution in [-0.4, -0.2) is 33.6 Å². The molecule has 3 nitrogen and oxygen atoms in total. The van der Waals surface area contributed by atoms with E-state index in [1.54, 1.807) is 0 Å². The van der Waals surface area contributed by atoms with Crippen LogP contribution in [0.1, 0.15) is 124 Å². The standard InChI is InChI=1S/C28H54O3/c1-20(2)26(19-28(31)25-16-8-21(3)9-17-25)6-5-7-27(30)18-24-14-12-23(13-15-24)11-10-22(4)29/h20-31H,5-19H2,1-4H3/t21?,22?,23?,24?,25?,26?,27-,28?/m1/s1. The molecule has 3 unspecified atom stereocenters. The summed E-state index contributed by atoms with van der Waals surface area (Å²) in [5.74, 6) is 4.00. The van der Waals surface area contributed by atoms with Crippen molar-refractivity contribution in [3.8, 4) is 0 Å². The van der Waals surface area contributed by atoms with Crippen molar-refractivity contribution in [2.75, 3.05) is 0 Å². The fourth-order valence-electron chi connectivity index (χ4n) is 6.25. The van der Waals surface area contributed by atoms with E-state index in [1.165, 1.54) is 51.4 Å². The molecular weight excluding hydrogens is 384 g/mol. The molecule has 0 aromatic carbocycles. The quantitative estimate of drug-likeness (QED) is 0.299. The van der Waals surface area contributed by atoms with Gasteiger partial charge >= 0.3 is 0 Å². The Balaban J connectivity index is 1.62. The van der Waals surface area contributed by atoms with E-state index in [4.69, 9.17) is 0 Å². The Kier molecular flexibility index (Phi) is 12.4. The molecule has 2 fully saturated rings. The summed E-state index contributed by atoms with van der Waals surface area (Å²) in [4.78, 5) is 0. The summed E-state index contributed by atoms with van der Waals surface area (Å²) in [6, 6.07) is 0. The van der Waals surface area contributed by atoms with Crippen molar-refractivity contribution < 1.29 is 15.3 Å². The Morgan fingerprint density at radius 2 is 1.35 bits per heavy atom. The lowest BCUT2D eigenvalue weighted by atomic mass is 9.75. The second-order valence-electron chi connectivity index (χ2n) is 12.0. The van der Waals surface area contributed by atoms with Crippen molar-refractivity contribution in [3.05, 3.63) is 0 Å². The van der Waals surface area contributed by atoms with Crippen molar-refractivity contribution in [1.29, 1.82) is 0 Å². The number of rotatable bonds is 13. The minimum absolute atomic E-state index is 0.131. The van der Waals surface area contributed by atoms with Gasteiger partial charge < -0.3 is 15.3 Å². The third-order valence-electron chi connectivity index (χ3n) is 8.77. The van der Waals surface area contributed by atoms with Crippen molar-refractivity contribution in [3.63, 3.8) is 0 Å². The Morgan fingerprint density at radius 1 is 0.742 bits per heavy atom. The van der Waals surface area contributed by atoms with Gasteiger partial charge in [-0.15, -0.1) is 0 Å². The van der Waals surface area contributed by atoms with Crippen LogP contribution >= 0.6 is 0 Å². The van der Waals surface area contributed by atoms with E-state index < -0.39 is 0 Å². The van der Waals surface area contributed by atoms with Gasteiger partial charge in [-0.2, -0.15) is 0 Å². The highest BCUT2D eigenvalue weighted by molar-refractivity contribution is 4.80. The Hall–Kier alpha value is -0.120. The van der Waals surface area contributed by atoms with Gasteiger partial charge in [0.05, 0.1) is 18.3 Å². The summed E-state index contributed by atoms with van der Waals surface area (Å²) in [6.07, 6.45) is 16.7. The summed E-state index contributed by atoms with van der Waals surface area (Å²) in [6.45, 7) is 8.83. The summed E-state index contributed by atoms with van der Waals surface area (Å²) < 4.78 is 0. The molecule has 4 atom stereocenters. The molecule has 0 heterocycles. The molecule has 0 amide bonds. The zero-order valence-corrected chi connectivity index (χ0v) is 21.1. The Morgan fingerprint density at radius 3 is 1.94 bits per heavy atom. The second kappa shape index (κ2) is 14.2. The van der Waals surface area contributed by atoms with Crippen LogP contribution in [0.25, 0.3) is 0 Å². The smallest absolute Gasteiger partial charge is 0.0571 e. The number of hydrogen-bond donors (Lipinski definition) is 3. The largest absolute Gasteiger partial charge is 0.393 e. The first-order valence-corrected chi connectivity index (χ1v) is 13.8. The van der Waals surface area contributed by atoms with Crippen LogP contribution in [0.4, 0.5) is 0 Å². The molecule has 0 saturated heterocycles. The lowest BCUT2D eigenvalue weighted by Gasteiger charge is -2.33. The van der Waals surface area contributed by atoms with Crippen LogP contribution in [0.2, 0.25) is 0 Å². The van der Waals surface area contributed by atoms with E-state index in [2.05, 4.69) is 20.8 Å². The highest BCUT2D eigenvalue weighted by Gasteiger charge is 2.28. The zero-order valence-electron chi connectivity index (χ0n) is 21.1. The average Bonchev–Trinajstić information content (AvgIpc) is 2.72. The predicted molar refractivity (Wildman–Crippen MR) is 131 cm³/mol. The maximum atomic E-state index is 10.8. The number of hydrogen-bond acceptors (Lipinski definition) is 3. The first-order valence-electron chi connectivity index (χ1n) is 13.8. The van der Waals surface area contributed by atoms with Crippen molar-refractivity contribution in [2.45, 2.75) is 142 Å². The van der Waals surface area contributed by atoms with Crippen LogP contribution in [0, 0.1) is 35.5 Å².